The third-order valence-electron chi connectivity index (χ3n) is 12.8. The quantitative estimate of drug-likeness (QED) is 0.175. The molecule has 4 heterocycles. The van der Waals surface area contributed by atoms with Gasteiger partial charge in [-0.15, -0.1) is 0 Å². The topological polar surface area (TPSA) is 43.5 Å². The minimum absolute atomic E-state index is 0.645. The molecule has 5 heteroatoms. The highest BCUT2D eigenvalue weighted by molar-refractivity contribution is 6.28. The number of aromatic nitrogens is 4. The number of rotatable bonds is 4. The summed E-state index contributed by atoms with van der Waals surface area (Å²) >= 11 is 0. The van der Waals surface area contributed by atoms with E-state index in [9.17, 15) is 5.26 Å². The van der Waals surface area contributed by atoms with Crippen molar-refractivity contribution in [3.8, 4) is 28.8 Å². The number of para-hydroxylation sites is 5. The van der Waals surface area contributed by atoms with E-state index in [1.807, 2.05) is 12.1 Å². The van der Waals surface area contributed by atoms with Crippen LogP contribution in [0.5, 0.6) is 0 Å². The Bertz CT molecular complexity index is 3990. The summed E-state index contributed by atoms with van der Waals surface area (Å²) < 4.78 is 9.69. The third kappa shape index (κ3) is 4.59. The second-order valence-electron chi connectivity index (χ2n) is 16.1. The van der Waals surface area contributed by atoms with Gasteiger partial charge in [0.2, 0.25) is 0 Å². The molecule has 0 aliphatic carbocycles. The van der Waals surface area contributed by atoms with Crippen LogP contribution in [-0.2, 0) is 0 Å². The largest absolute Gasteiger partial charge is 0.309 e. The number of hydrogen-bond acceptors (Lipinski definition) is 1. The zero-order valence-corrected chi connectivity index (χ0v) is 33.2. The Morgan fingerprint density at radius 2 is 0.836 bits per heavy atom. The third-order valence-corrected chi connectivity index (χ3v) is 12.8. The van der Waals surface area contributed by atoms with Crippen molar-refractivity contribution in [2.24, 2.45) is 0 Å². The summed E-state index contributed by atoms with van der Waals surface area (Å²) in [7, 11) is 0. The van der Waals surface area contributed by atoms with Gasteiger partial charge in [-0.05, 0) is 103 Å². The van der Waals surface area contributed by atoms with Gasteiger partial charge < -0.3 is 18.3 Å². The first-order valence-electron chi connectivity index (χ1n) is 20.8. The molecule has 0 fully saturated rings. The van der Waals surface area contributed by atoms with Gasteiger partial charge in [-0.2, -0.15) is 5.26 Å². The summed E-state index contributed by atoms with van der Waals surface area (Å²) in [6.45, 7) is 2.27. The number of nitriles is 1. The summed E-state index contributed by atoms with van der Waals surface area (Å²) in [5.74, 6) is 0. The van der Waals surface area contributed by atoms with Crippen molar-refractivity contribution < 1.29 is 0 Å². The monoisotopic (exact) mass is 777 g/mol. The maximum Gasteiger partial charge on any atom is 0.0992 e. The zero-order valence-electron chi connectivity index (χ0n) is 33.2. The van der Waals surface area contributed by atoms with Crippen LogP contribution in [0.15, 0.2) is 194 Å². The molecule has 61 heavy (non-hydrogen) atoms. The van der Waals surface area contributed by atoms with Gasteiger partial charge in [0.05, 0.1) is 55.8 Å². The minimum atomic E-state index is 0.645. The van der Waals surface area contributed by atoms with Crippen LogP contribution in [0.4, 0.5) is 0 Å². The highest BCUT2D eigenvalue weighted by atomic mass is 15.0. The number of nitrogens with zero attached hydrogens (tertiary/aromatic N) is 5. The van der Waals surface area contributed by atoms with E-state index >= 15 is 0 Å². The van der Waals surface area contributed by atoms with Crippen molar-refractivity contribution in [3.05, 3.63) is 205 Å². The summed E-state index contributed by atoms with van der Waals surface area (Å²) in [6, 6.07) is 72.1. The lowest BCUT2D eigenvalue weighted by molar-refractivity contribution is 1.16. The molecule has 5 nitrogen and oxygen atoms in total. The fraction of sp³-hybridized carbons (Fsp3) is 0.0179. The van der Waals surface area contributed by atoms with Crippen molar-refractivity contribution in [1.29, 1.82) is 5.26 Å². The first-order chi connectivity index (χ1) is 30.2. The Kier molecular flexibility index (Phi) is 6.94. The van der Waals surface area contributed by atoms with Gasteiger partial charge >= 0.3 is 0 Å². The Balaban J connectivity index is 1.17. The zero-order chi connectivity index (χ0) is 40.3. The molecule has 0 radical (unpaired) electrons. The van der Waals surface area contributed by atoms with Gasteiger partial charge in [-0.1, -0.05) is 103 Å². The van der Waals surface area contributed by atoms with Crippen LogP contribution < -0.4 is 0 Å². The van der Waals surface area contributed by atoms with Crippen LogP contribution in [0.25, 0.3) is 110 Å². The van der Waals surface area contributed by atoms with E-state index in [4.69, 9.17) is 0 Å². The van der Waals surface area contributed by atoms with Crippen molar-refractivity contribution >= 4 is 87.2 Å². The highest BCUT2D eigenvalue weighted by Gasteiger charge is 2.25. The predicted molar refractivity (Wildman–Crippen MR) is 253 cm³/mol. The number of hydrogen-bond donors (Lipinski definition) is 0. The van der Waals surface area contributed by atoms with Crippen molar-refractivity contribution in [3.63, 3.8) is 0 Å². The van der Waals surface area contributed by atoms with Crippen molar-refractivity contribution in [1.82, 2.24) is 18.3 Å². The Hall–Kier alpha value is -8.33. The molecule has 13 aromatic rings. The van der Waals surface area contributed by atoms with E-state index < -0.39 is 0 Å². The Morgan fingerprint density at radius 1 is 0.328 bits per heavy atom. The van der Waals surface area contributed by atoms with Crippen molar-refractivity contribution in [2.75, 3.05) is 0 Å². The lowest BCUT2D eigenvalue weighted by Gasteiger charge is -2.11. The lowest BCUT2D eigenvalue weighted by atomic mass is 10.0. The molecule has 9 aromatic carbocycles. The van der Waals surface area contributed by atoms with Gasteiger partial charge in [0, 0.05) is 65.8 Å². The SMILES string of the molecule is Cc1cc2c(c3ccccc3n2-c2ccccc2)c2c1c1cc(-n3c4ccccc4c4c3ccc3c5ccc(C#N)cc5n(-c5ccccc5)c34)ccc1n2-c1ccccc1. The molecule has 0 spiro atoms. The van der Waals surface area contributed by atoms with E-state index in [2.05, 4.69) is 213 Å². The van der Waals surface area contributed by atoms with Crippen LogP contribution >= 0.6 is 0 Å². The summed E-state index contributed by atoms with van der Waals surface area (Å²) in [6.07, 6.45) is 0. The number of fused-ring (bicyclic) bond motifs is 14. The van der Waals surface area contributed by atoms with Crippen LogP contribution in [0.1, 0.15) is 11.1 Å². The summed E-state index contributed by atoms with van der Waals surface area (Å²) in [5, 5.41) is 19.6. The second-order valence-corrected chi connectivity index (χ2v) is 16.1. The molecule has 4 aromatic heterocycles. The molecule has 0 amide bonds. The van der Waals surface area contributed by atoms with Crippen LogP contribution in [0.3, 0.4) is 0 Å². The van der Waals surface area contributed by atoms with E-state index in [-0.39, 0.29) is 0 Å². The summed E-state index contributed by atoms with van der Waals surface area (Å²) in [4.78, 5) is 0. The average molecular weight is 778 g/mol. The Morgan fingerprint density at radius 3 is 1.48 bits per heavy atom. The standard InChI is InChI=1S/C56H35N5/c1-35-31-51-54(44-22-12-13-23-46(44)58(51)37-15-5-2-6-16-37)56-52(35)45-33-40(26-29-48(45)60(56)38-17-7-3-8-18-38)59-47-24-14-11-21-43(47)53-49(59)30-28-42-41-27-25-36(34-57)32-50(41)61(55(42)53)39-19-9-4-10-20-39/h2-33H,1H3. The van der Waals surface area contributed by atoms with Gasteiger partial charge in [0.1, 0.15) is 0 Å². The first-order valence-corrected chi connectivity index (χ1v) is 20.8. The van der Waals surface area contributed by atoms with Gasteiger partial charge in [0.15, 0.2) is 0 Å². The first kappa shape index (κ1) is 33.6. The van der Waals surface area contributed by atoms with E-state index in [1.54, 1.807) is 0 Å². The molecule has 0 unspecified atom stereocenters. The second kappa shape index (κ2) is 12.6. The predicted octanol–water partition coefficient (Wildman–Crippen LogP) is 14.3. The van der Waals surface area contributed by atoms with Crippen LogP contribution in [-0.4, -0.2) is 18.3 Å². The van der Waals surface area contributed by atoms with Gasteiger partial charge in [-0.25, -0.2) is 0 Å². The van der Waals surface area contributed by atoms with Crippen LogP contribution in [0.2, 0.25) is 0 Å². The summed E-state index contributed by atoms with van der Waals surface area (Å²) in [5.41, 5.74) is 15.5. The van der Waals surface area contributed by atoms with Gasteiger partial charge in [0.25, 0.3) is 0 Å². The average Bonchev–Trinajstić information content (AvgIpc) is 4.04. The fourth-order valence-corrected chi connectivity index (χ4v) is 10.4. The molecule has 0 aliphatic heterocycles. The normalized spacial score (nSPS) is 12.0. The molecular weight excluding hydrogens is 743 g/mol. The molecule has 13 rings (SSSR count). The fourth-order valence-electron chi connectivity index (χ4n) is 10.4. The minimum Gasteiger partial charge on any atom is -0.309 e. The molecule has 284 valence electrons. The molecular formula is C56H35N5. The molecule has 0 N–H and O–H groups in total. The molecule has 0 bridgehead atoms. The maximum atomic E-state index is 9.98. The molecule has 0 aliphatic rings. The highest BCUT2D eigenvalue weighted by Crippen LogP contribution is 2.46. The van der Waals surface area contributed by atoms with Crippen LogP contribution in [0, 0.1) is 18.3 Å². The molecule has 0 saturated heterocycles. The number of aryl methyl sites for hydroxylation is 1. The number of benzene rings is 9. The smallest absolute Gasteiger partial charge is 0.0992 e. The maximum absolute atomic E-state index is 9.98. The van der Waals surface area contributed by atoms with E-state index in [0.717, 1.165) is 61.1 Å². The van der Waals surface area contributed by atoms with E-state index in [1.165, 1.54) is 54.4 Å². The Labute approximate surface area is 350 Å². The molecule has 0 saturated carbocycles. The van der Waals surface area contributed by atoms with Crippen molar-refractivity contribution in [2.45, 2.75) is 6.92 Å². The molecule has 0 atom stereocenters. The van der Waals surface area contributed by atoms with E-state index in [0.29, 0.717) is 5.56 Å². The van der Waals surface area contributed by atoms with Gasteiger partial charge in [-0.3, -0.25) is 0 Å². The lowest BCUT2D eigenvalue weighted by Crippen LogP contribution is -1.96.